The number of amides is 1. The van der Waals surface area contributed by atoms with Crippen LogP contribution in [0.4, 0.5) is 10.2 Å². The zero-order valence-electron chi connectivity index (χ0n) is 19.6. The molecule has 2 aromatic carbocycles. The normalized spacial score (nSPS) is 16.8. The average molecular weight is 459 g/mol. The summed E-state index contributed by atoms with van der Waals surface area (Å²) in [4.78, 5) is 19.0. The second-order valence-electron chi connectivity index (χ2n) is 9.39. The quantitative estimate of drug-likeness (QED) is 0.564. The lowest BCUT2D eigenvalue weighted by Gasteiger charge is -2.32. The highest BCUT2D eigenvalue weighted by atomic mass is 19.1. The van der Waals surface area contributed by atoms with E-state index < -0.39 is 5.82 Å². The van der Waals surface area contributed by atoms with Crippen LogP contribution in [-0.2, 0) is 6.42 Å². The first-order valence-electron chi connectivity index (χ1n) is 12.2. The molecule has 0 unspecified atom stereocenters. The molecule has 0 radical (unpaired) electrons. The molecule has 3 N–H and O–H groups in total. The fourth-order valence-electron chi connectivity index (χ4n) is 5.25. The third kappa shape index (κ3) is 4.42. The number of pyridine rings is 1. The van der Waals surface area contributed by atoms with Gasteiger partial charge in [0.2, 0.25) is 0 Å². The van der Waals surface area contributed by atoms with Gasteiger partial charge in [-0.1, -0.05) is 31.2 Å². The number of carbonyl (C=O) groups is 1. The Morgan fingerprint density at radius 2 is 1.82 bits per heavy atom. The second kappa shape index (κ2) is 9.55. The van der Waals surface area contributed by atoms with E-state index in [0.29, 0.717) is 35.6 Å². The predicted molar refractivity (Wildman–Crippen MR) is 134 cm³/mol. The van der Waals surface area contributed by atoms with Gasteiger partial charge < -0.3 is 16.0 Å². The number of halogens is 1. The van der Waals surface area contributed by atoms with Crippen molar-refractivity contribution in [1.82, 2.24) is 15.2 Å². The maximum Gasteiger partial charge on any atom is 0.251 e. The summed E-state index contributed by atoms with van der Waals surface area (Å²) in [5.74, 6) is 0.177. The van der Waals surface area contributed by atoms with Crippen LogP contribution in [0.5, 0.6) is 0 Å². The molecular weight excluding hydrogens is 427 g/mol. The number of hydrogen-bond donors (Lipinski definition) is 2. The zero-order valence-corrected chi connectivity index (χ0v) is 19.6. The number of piperidine rings is 1. The molecule has 0 aliphatic carbocycles. The van der Waals surface area contributed by atoms with Gasteiger partial charge >= 0.3 is 0 Å². The Hall–Kier alpha value is -3.25. The van der Waals surface area contributed by atoms with E-state index in [0.717, 1.165) is 16.7 Å². The summed E-state index contributed by atoms with van der Waals surface area (Å²) in [5, 5.41) is 2.76. The lowest BCUT2D eigenvalue weighted by Crippen LogP contribution is -2.33. The molecule has 1 saturated heterocycles. The Bertz CT molecular complexity index is 1200. The Morgan fingerprint density at radius 1 is 1.06 bits per heavy atom. The van der Waals surface area contributed by atoms with Crippen LogP contribution in [0.1, 0.15) is 53.6 Å². The molecule has 0 saturated carbocycles. The van der Waals surface area contributed by atoms with Crippen LogP contribution < -0.4 is 11.1 Å². The maximum absolute atomic E-state index is 15.0. The molecule has 0 bridgehead atoms. The number of carbonyl (C=O) groups excluding carboxylic acids is 1. The molecule has 5 nitrogen and oxygen atoms in total. The molecule has 176 valence electrons. The smallest absolute Gasteiger partial charge is 0.251 e. The summed E-state index contributed by atoms with van der Waals surface area (Å²) >= 11 is 0. The Morgan fingerprint density at radius 3 is 2.56 bits per heavy atom. The van der Waals surface area contributed by atoms with Crippen LogP contribution in [0.25, 0.3) is 22.3 Å². The number of rotatable bonds is 5. The zero-order chi connectivity index (χ0) is 23.7. The van der Waals surface area contributed by atoms with E-state index in [1.807, 2.05) is 6.07 Å². The molecule has 2 aliphatic rings. The molecule has 1 aromatic heterocycles. The van der Waals surface area contributed by atoms with Crippen molar-refractivity contribution in [3.63, 3.8) is 0 Å². The van der Waals surface area contributed by atoms with Crippen molar-refractivity contribution in [2.75, 3.05) is 31.9 Å². The minimum Gasteiger partial charge on any atom is -0.383 e. The number of nitrogens with one attached hydrogen (secondary N) is 1. The minimum atomic E-state index is -0.466. The summed E-state index contributed by atoms with van der Waals surface area (Å²) in [6.07, 6.45) is 6.01. The van der Waals surface area contributed by atoms with Crippen LogP contribution in [0.15, 0.2) is 48.7 Å². The van der Waals surface area contributed by atoms with Gasteiger partial charge in [-0.25, -0.2) is 9.37 Å². The van der Waals surface area contributed by atoms with Crippen molar-refractivity contribution in [1.29, 1.82) is 0 Å². The van der Waals surface area contributed by atoms with E-state index in [1.165, 1.54) is 50.5 Å². The van der Waals surface area contributed by atoms with Crippen LogP contribution >= 0.6 is 0 Å². The fraction of sp³-hybridized carbons (Fsp3) is 0.357. The number of nitrogens with zero attached hydrogens (tertiary/aromatic N) is 2. The van der Waals surface area contributed by atoms with Gasteiger partial charge in [-0.2, -0.15) is 0 Å². The van der Waals surface area contributed by atoms with Gasteiger partial charge in [0.25, 0.3) is 5.91 Å². The number of nitrogens with two attached hydrogens (primary N) is 1. The van der Waals surface area contributed by atoms with Gasteiger partial charge in [0.15, 0.2) is 0 Å². The first-order valence-corrected chi connectivity index (χ1v) is 12.2. The van der Waals surface area contributed by atoms with Gasteiger partial charge in [-0.15, -0.1) is 0 Å². The highest BCUT2D eigenvalue weighted by Gasteiger charge is 2.22. The molecule has 6 heteroatoms. The number of nitrogen functional groups attached to an aromatic ring is 1. The standard InChI is InChI=1S/C28H31FN4O/c1-2-11-33-12-8-20(9-13-33)18-3-5-19(6-4-18)22-15-25(27(30)32-17-22)24-14-21-7-10-31-28(34)23(21)16-26(24)29/h3-6,14-17,20H,2,7-13H2,1H3,(H2,30,32)(H,31,34). The number of hydrogen-bond acceptors (Lipinski definition) is 4. The molecule has 0 atom stereocenters. The summed E-state index contributed by atoms with van der Waals surface area (Å²) in [5.41, 5.74) is 11.6. The van der Waals surface area contributed by atoms with Crippen molar-refractivity contribution in [2.45, 2.75) is 38.5 Å². The number of anilines is 1. The van der Waals surface area contributed by atoms with Crippen molar-refractivity contribution in [2.24, 2.45) is 0 Å². The number of fused-ring (bicyclic) bond motifs is 1. The van der Waals surface area contributed by atoms with Gasteiger partial charge in [-0.05, 0) is 86.1 Å². The van der Waals surface area contributed by atoms with E-state index in [-0.39, 0.29) is 11.7 Å². The first kappa shape index (κ1) is 22.5. The average Bonchev–Trinajstić information content (AvgIpc) is 2.86. The molecule has 34 heavy (non-hydrogen) atoms. The van der Waals surface area contributed by atoms with Crippen molar-refractivity contribution in [3.05, 3.63) is 71.2 Å². The van der Waals surface area contributed by atoms with Crippen LogP contribution in [0, 0.1) is 5.82 Å². The third-order valence-corrected chi connectivity index (χ3v) is 7.17. The Kier molecular flexibility index (Phi) is 6.33. The second-order valence-corrected chi connectivity index (χ2v) is 9.39. The predicted octanol–water partition coefficient (Wildman–Crippen LogP) is 5.01. The van der Waals surface area contributed by atoms with E-state index in [9.17, 15) is 4.79 Å². The summed E-state index contributed by atoms with van der Waals surface area (Å²) in [6, 6.07) is 13.6. The largest absolute Gasteiger partial charge is 0.383 e. The van der Waals surface area contributed by atoms with Crippen molar-refractivity contribution >= 4 is 11.7 Å². The highest BCUT2D eigenvalue weighted by Crippen LogP contribution is 2.35. The fourth-order valence-corrected chi connectivity index (χ4v) is 5.25. The number of likely N-dealkylation sites (tertiary alicyclic amines) is 1. The topological polar surface area (TPSA) is 71.2 Å². The SMILES string of the molecule is CCCN1CCC(c2ccc(-c3cnc(N)c(-c4cc5c(cc4F)C(=O)NCC5)c3)cc2)CC1. The van der Waals surface area contributed by atoms with Crippen molar-refractivity contribution < 1.29 is 9.18 Å². The third-order valence-electron chi connectivity index (χ3n) is 7.17. The monoisotopic (exact) mass is 458 g/mol. The highest BCUT2D eigenvalue weighted by molar-refractivity contribution is 5.97. The van der Waals surface area contributed by atoms with E-state index >= 15 is 4.39 Å². The van der Waals surface area contributed by atoms with Gasteiger partial charge in [0, 0.05) is 35.0 Å². The van der Waals surface area contributed by atoms with Crippen LogP contribution in [0.2, 0.25) is 0 Å². The maximum atomic E-state index is 15.0. The van der Waals surface area contributed by atoms with Gasteiger partial charge in [-0.3, -0.25) is 4.79 Å². The van der Waals surface area contributed by atoms with E-state index in [1.54, 1.807) is 12.3 Å². The van der Waals surface area contributed by atoms with Gasteiger partial charge in [0.05, 0.1) is 0 Å². The Labute approximate surface area is 200 Å². The summed E-state index contributed by atoms with van der Waals surface area (Å²) in [6.45, 7) is 6.31. The Balaban J connectivity index is 1.40. The molecule has 3 aromatic rings. The molecule has 3 heterocycles. The van der Waals surface area contributed by atoms with Gasteiger partial charge in [0.1, 0.15) is 11.6 Å². The van der Waals surface area contributed by atoms with Crippen LogP contribution in [0.3, 0.4) is 0 Å². The molecule has 0 spiro atoms. The van der Waals surface area contributed by atoms with E-state index in [4.69, 9.17) is 5.73 Å². The number of aromatic nitrogens is 1. The lowest BCUT2D eigenvalue weighted by molar-refractivity contribution is 0.0945. The molecule has 2 aliphatic heterocycles. The molecule has 5 rings (SSSR count). The lowest BCUT2D eigenvalue weighted by atomic mass is 9.88. The summed E-state index contributed by atoms with van der Waals surface area (Å²) in [7, 11) is 0. The summed E-state index contributed by atoms with van der Waals surface area (Å²) < 4.78 is 15.0. The van der Waals surface area contributed by atoms with E-state index in [2.05, 4.69) is 46.4 Å². The van der Waals surface area contributed by atoms with Crippen LogP contribution in [-0.4, -0.2) is 42.0 Å². The first-order chi connectivity index (χ1) is 16.5. The van der Waals surface area contributed by atoms with Crippen molar-refractivity contribution in [3.8, 4) is 22.3 Å². The minimum absolute atomic E-state index is 0.234. The molecular formula is C28H31FN4O. The number of benzene rings is 2. The molecule has 1 amide bonds. The molecule has 1 fully saturated rings.